The van der Waals surface area contributed by atoms with Gasteiger partial charge in [-0.05, 0) is 24.3 Å². The maximum atomic E-state index is 3.40. The third kappa shape index (κ3) is 3.63. The zero-order chi connectivity index (χ0) is 8.10. The molecule has 0 N–H and O–H groups in total. The normalized spacial score (nSPS) is 10.0. The molecule has 1 aromatic carbocycles. The monoisotopic (exact) mass is 294 g/mol. The van der Waals surface area contributed by atoms with Gasteiger partial charge in [0.25, 0.3) is 0 Å². The summed E-state index contributed by atoms with van der Waals surface area (Å²) < 4.78 is 1.14. The number of hydrogen-bond donors (Lipinski definition) is 0. The van der Waals surface area contributed by atoms with E-state index >= 15 is 0 Å². The van der Waals surface area contributed by atoms with Crippen LogP contribution in [0.25, 0.3) is 0 Å². The van der Waals surface area contributed by atoms with Gasteiger partial charge in [-0.1, -0.05) is 31.9 Å². The molecule has 0 amide bonds. The van der Waals surface area contributed by atoms with E-state index in [1.54, 1.807) is 0 Å². The molecule has 1 rings (SSSR count). The van der Waals surface area contributed by atoms with Gasteiger partial charge in [-0.15, -0.1) is 11.8 Å². The fourth-order valence-electron chi connectivity index (χ4n) is 0.687. The van der Waals surface area contributed by atoms with Crippen molar-refractivity contribution in [1.29, 1.82) is 0 Å². The first-order valence-electron chi connectivity index (χ1n) is 3.27. The maximum absolute atomic E-state index is 3.40. The summed E-state index contributed by atoms with van der Waals surface area (Å²) in [6.07, 6.45) is 0. The van der Waals surface area contributed by atoms with Crippen LogP contribution in [0.2, 0.25) is 0 Å². The molecule has 0 bridgehead atoms. The van der Waals surface area contributed by atoms with E-state index < -0.39 is 0 Å². The van der Waals surface area contributed by atoms with E-state index in [0.29, 0.717) is 0 Å². The Bertz CT molecular complexity index is 208. The van der Waals surface area contributed by atoms with Crippen LogP contribution in [0.5, 0.6) is 0 Å². The SMILES string of the molecule is BrCCSc1ccc(Br)cc1. The summed E-state index contributed by atoms with van der Waals surface area (Å²) in [7, 11) is 0. The van der Waals surface area contributed by atoms with Crippen LogP contribution in [0.15, 0.2) is 33.6 Å². The summed E-state index contributed by atoms with van der Waals surface area (Å²) in [5, 5.41) is 1.05. The molecule has 0 aromatic heterocycles. The van der Waals surface area contributed by atoms with Gasteiger partial charge in [0.2, 0.25) is 0 Å². The predicted octanol–water partition coefficient (Wildman–Crippen LogP) is 3.94. The lowest BCUT2D eigenvalue weighted by Gasteiger charge is -1.97. The van der Waals surface area contributed by atoms with E-state index in [2.05, 4.69) is 56.1 Å². The molecule has 60 valence electrons. The Kier molecular flexibility index (Phi) is 4.57. The fourth-order valence-corrected chi connectivity index (χ4v) is 2.08. The third-order valence-corrected chi connectivity index (χ3v) is 3.62. The zero-order valence-corrected chi connectivity index (χ0v) is 9.88. The van der Waals surface area contributed by atoms with E-state index in [1.165, 1.54) is 4.90 Å². The van der Waals surface area contributed by atoms with Crippen molar-refractivity contribution in [3.8, 4) is 0 Å². The molecule has 0 aliphatic rings. The molecular formula is C8H8Br2S. The molecule has 11 heavy (non-hydrogen) atoms. The van der Waals surface area contributed by atoms with Gasteiger partial charge in [-0.2, -0.15) is 0 Å². The predicted molar refractivity (Wildman–Crippen MR) is 58.7 cm³/mol. The average Bonchev–Trinajstić information content (AvgIpc) is 2.04. The summed E-state index contributed by atoms with van der Waals surface area (Å²) in [5.74, 6) is 1.13. The highest BCUT2D eigenvalue weighted by atomic mass is 79.9. The van der Waals surface area contributed by atoms with Crippen LogP contribution in [0.1, 0.15) is 0 Å². The van der Waals surface area contributed by atoms with Gasteiger partial charge >= 0.3 is 0 Å². The van der Waals surface area contributed by atoms with Gasteiger partial charge in [0, 0.05) is 20.5 Å². The number of benzene rings is 1. The molecule has 0 fully saturated rings. The highest BCUT2D eigenvalue weighted by molar-refractivity contribution is 9.10. The van der Waals surface area contributed by atoms with Crippen molar-refractivity contribution in [2.24, 2.45) is 0 Å². The van der Waals surface area contributed by atoms with Gasteiger partial charge in [0.1, 0.15) is 0 Å². The lowest BCUT2D eigenvalue weighted by molar-refractivity contribution is 1.42. The van der Waals surface area contributed by atoms with Crippen molar-refractivity contribution >= 4 is 43.6 Å². The van der Waals surface area contributed by atoms with Crippen molar-refractivity contribution < 1.29 is 0 Å². The van der Waals surface area contributed by atoms with Gasteiger partial charge in [0.15, 0.2) is 0 Å². The van der Waals surface area contributed by atoms with E-state index in [-0.39, 0.29) is 0 Å². The first-order chi connectivity index (χ1) is 5.33. The molecule has 0 unspecified atom stereocenters. The molecule has 0 heterocycles. The zero-order valence-electron chi connectivity index (χ0n) is 5.89. The molecule has 0 spiro atoms. The fraction of sp³-hybridized carbons (Fsp3) is 0.250. The Morgan fingerprint density at radius 1 is 1.18 bits per heavy atom. The Morgan fingerprint density at radius 3 is 2.36 bits per heavy atom. The molecule has 0 saturated heterocycles. The Hall–Kier alpha value is 0.530. The molecule has 0 nitrogen and oxygen atoms in total. The standard InChI is InChI=1S/C8H8Br2S/c9-5-6-11-8-3-1-7(10)2-4-8/h1-4H,5-6H2. The second-order valence-corrected chi connectivity index (χ2v) is 4.87. The minimum atomic E-state index is 1.05. The van der Waals surface area contributed by atoms with E-state index in [4.69, 9.17) is 0 Å². The van der Waals surface area contributed by atoms with Crippen LogP contribution in [-0.4, -0.2) is 11.1 Å². The van der Waals surface area contributed by atoms with Crippen molar-refractivity contribution in [3.63, 3.8) is 0 Å². The van der Waals surface area contributed by atoms with E-state index in [9.17, 15) is 0 Å². The summed E-state index contributed by atoms with van der Waals surface area (Å²) in [4.78, 5) is 1.33. The van der Waals surface area contributed by atoms with Crippen molar-refractivity contribution in [1.82, 2.24) is 0 Å². The Labute approximate surface area is 88.0 Å². The van der Waals surface area contributed by atoms with Gasteiger partial charge in [-0.3, -0.25) is 0 Å². The smallest absolute Gasteiger partial charge is 0.0176 e. The lowest BCUT2D eigenvalue weighted by atomic mass is 10.4. The number of thioether (sulfide) groups is 1. The number of halogens is 2. The minimum Gasteiger partial charge on any atom is -0.125 e. The van der Waals surface area contributed by atoms with Crippen LogP contribution in [0, 0.1) is 0 Å². The third-order valence-electron chi connectivity index (χ3n) is 1.16. The maximum Gasteiger partial charge on any atom is 0.0176 e. The van der Waals surface area contributed by atoms with Crippen LogP contribution in [0.3, 0.4) is 0 Å². The highest BCUT2D eigenvalue weighted by Crippen LogP contribution is 2.20. The topological polar surface area (TPSA) is 0 Å². The molecule has 0 radical (unpaired) electrons. The quantitative estimate of drug-likeness (QED) is 0.601. The second kappa shape index (κ2) is 5.22. The molecule has 0 saturated carbocycles. The van der Waals surface area contributed by atoms with E-state index in [1.807, 2.05) is 11.8 Å². The van der Waals surface area contributed by atoms with Crippen LogP contribution < -0.4 is 0 Å². The highest BCUT2D eigenvalue weighted by Gasteiger charge is 1.91. The molecule has 3 heteroatoms. The summed E-state index contributed by atoms with van der Waals surface area (Å²) in [6, 6.07) is 8.38. The number of hydrogen-bond acceptors (Lipinski definition) is 1. The number of rotatable bonds is 3. The van der Waals surface area contributed by atoms with Crippen LogP contribution >= 0.6 is 43.6 Å². The van der Waals surface area contributed by atoms with Crippen molar-refractivity contribution in [3.05, 3.63) is 28.7 Å². The van der Waals surface area contributed by atoms with Crippen LogP contribution in [0.4, 0.5) is 0 Å². The lowest BCUT2D eigenvalue weighted by Crippen LogP contribution is -1.77. The first-order valence-corrected chi connectivity index (χ1v) is 6.17. The molecule has 0 atom stereocenters. The second-order valence-electron chi connectivity index (χ2n) is 1.99. The molecule has 0 aliphatic heterocycles. The number of alkyl halides is 1. The minimum absolute atomic E-state index is 1.05. The van der Waals surface area contributed by atoms with Gasteiger partial charge in [0.05, 0.1) is 0 Å². The Morgan fingerprint density at radius 2 is 1.82 bits per heavy atom. The van der Waals surface area contributed by atoms with Gasteiger partial charge < -0.3 is 0 Å². The molecule has 0 aliphatic carbocycles. The van der Waals surface area contributed by atoms with Gasteiger partial charge in [-0.25, -0.2) is 0 Å². The first kappa shape index (κ1) is 9.62. The Balaban J connectivity index is 2.52. The summed E-state index contributed by atoms with van der Waals surface area (Å²) >= 11 is 8.65. The molecule has 1 aromatic rings. The summed E-state index contributed by atoms with van der Waals surface area (Å²) in [6.45, 7) is 0. The summed E-state index contributed by atoms with van der Waals surface area (Å²) in [5.41, 5.74) is 0. The van der Waals surface area contributed by atoms with Crippen molar-refractivity contribution in [2.45, 2.75) is 4.90 Å². The average molecular weight is 296 g/mol. The van der Waals surface area contributed by atoms with Crippen molar-refractivity contribution in [2.75, 3.05) is 11.1 Å². The van der Waals surface area contributed by atoms with E-state index in [0.717, 1.165) is 15.6 Å². The van der Waals surface area contributed by atoms with Crippen LogP contribution in [-0.2, 0) is 0 Å². The molecular weight excluding hydrogens is 288 g/mol. The largest absolute Gasteiger partial charge is 0.125 e.